The van der Waals surface area contributed by atoms with Crippen molar-refractivity contribution in [3.05, 3.63) is 73.3 Å². The van der Waals surface area contributed by atoms with Gasteiger partial charge in [-0.1, -0.05) is 0 Å². The lowest BCUT2D eigenvalue weighted by atomic mass is 10.3. The Labute approximate surface area is 173 Å². The number of aryl methyl sites for hydroxylation is 1. The van der Waals surface area contributed by atoms with E-state index in [4.69, 9.17) is 0 Å². The van der Waals surface area contributed by atoms with Gasteiger partial charge in [-0.15, -0.1) is 0 Å². The van der Waals surface area contributed by atoms with Crippen molar-refractivity contribution < 1.29 is 8.42 Å². The highest BCUT2D eigenvalue weighted by Crippen LogP contribution is 2.13. The van der Waals surface area contributed by atoms with Gasteiger partial charge in [-0.3, -0.25) is 4.57 Å². The molecule has 0 aliphatic rings. The third-order valence-corrected chi connectivity index (χ3v) is 5.84. The maximum Gasteiger partial charge on any atom is 0.240 e. The molecule has 154 valence electrons. The molecular formula is C19H20N8O2S. The fourth-order valence-corrected chi connectivity index (χ4v) is 3.89. The lowest BCUT2D eigenvalue weighted by molar-refractivity contribution is 0.583. The van der Waals surface area contributed by atoms with Gasteiger partial charge in [-0.05, 0) is 37.3 Å². The summed E-state index contributed by atoms with van der Waals surface area (Å²) in [6.07, 6.45) is 8.41. The van der Waals surface area contributed by atoms with Crippen LogP contribution >= 0.6 is 0 Å². The van der Waals surface area contributed by atoms with Gasteiger partial charge in [0.05, 0.1) is 10.6 Å². The fourth-order valence-electron chi connectivity index (χ4n) is 2.85. The van der Waals surface area contributed by atoms with Gasteiger partial charge in [0.25, 0.3) is 0 Å². The molecule has 3 aromatic heterocycles. The number of sulfonamides is 1. The summed E-state index contributed by atoms with van der Waals surface area (Å²) in [5.41, 5.74) is 0.785. The molecule has 4 aromatic rings. The molecule has 0 fully saturated rings. The molecule has 4 rings (SSSR count). The second kappa shape index (κ2) is 8.43. The average Bonchev–Trinajstić information content (AvgIpc) is 3.44. The summed E-state index contributed by atoms with van der Waals surface area (Å²) in [6, 6.07) is 10.1. The first-order valence-corrected chi connectivity index (χ1v) is 10.7. The van der Waals surface area contributed by atoms with Crippen molar-refractivity contribution in [1.29, 1.82) is 0 Å². The molecule has 0 bridgehead atoms. The number of anilines is 1. The Morgan fingerprint density at radius 1 is 1.00 bits per heavy atom. The van der Waals surface area contributed by atoms with E-state index in [0.29, 0.717) is 18.2 Å². The molecule has 30 heavy (non-hydrogen) atoms. The van der Waals surface area contributed by atoms with E-state index in [1.807, 2.05) is 17.7 Å². The minimum Gasteiger partial charge on any atom is -0.369 e. The van der Waals surface area contributed by atoms with Crippen molar-refractivity contribution in [1.82, 2.24) is 34.0 Å². The maximum absolute atomic E-state index is 12.5. The number of rotatable bonds is 8. The topological polar surface area (TPSA) is 120 Å². The monoisotopic (exact) mass is 424 g/mol. The molecule has 0 saturated heterocycles. The van der Waals surface area contributed by atoms with E-state index in [-0.39, 0.29) is 11.4 Å². The number of nitrogens with zero attached hydrogens (tertiary/aromatic N) is 6. The molecule has 11 heteroatoms. The van der Waals surface area contributed by atoms with Crippen molar-refractivity contribution in [2.75, 3.05) is 18.4 Å². The van der Waals surface area contributed by atoms with Crippen LogP contribution < -0.4 is 10.0 Å². The molecule has 0 spiro atoms. The molecule has 10 nitrogen and oxygen atoms in total. The van der Waals surface area contributed by atoms with E-state index in [1.54, 1.807) is 59.7 Å². The fraction of sp³-hybridized carbons (Fsp3) is 0.158. The average molecular weight is 424 g/mol. The van der Waals surface area contributed by atoms with Gasteiger partial charge in [-0.25, -0.2) is 32.8 Å². The molecule has 0 amide bonds. The number of imidazole rings is 1. The van der Waals surface area contributed by atoms with Gasteiger partial charge in [0.2, 0.25) is 10.0 Å². The second-order valence-electron chi connectivity index (χ2n) is 6.37. The van der Waals surface area contributed by atoms with E-state index < -0.39 is 10.0 Å². The predicted octanol–water partition coefficient (Wildman–Crippen LogP) is 1.55. The van der Waals surface area contributed by atoms with Crippen LogP contribution in [0.25, 0.3) is 11.5 Å². The van der Waals surface area contributed by atoms with Crippen LogP contribution in [0.3, 0.4) is 0 Å². The first-order chi connectivity index (χ1) is 14.5. The molecular weight excluding hydrogens is 404 g/mol. The Bertz CT molecular complexity index is 1220. The molecule has 1 aromatic carbocycles. The van der Waals surface area contributed by atoms with Gasteiger partial charge < -0.3 is 5.32 Å². The number of aromatic nitrogens is 6. The lowest BCUT2D eigenvalue weighted by Crippen LogP contribution is -2.29. The van der Waals surface area contributed by atoms with Gasteiger partial charge in [0.1, 0.15) is 23.8 Å². The zero-order valence-electron chi connectivity index (χ0n) is 16.2. The first-order valence-electron chi connectivity index (χ1n) is 9.19. The second-order valence-corrected chi connectivity index (χ2v) is 8.14. The Hall–Kier alpha value is -3.57. The smallest absolute Gasteiger partial charge is 0.240 e. The Balaban J connectivity index is 1.33. The summed E-state index contributed by atoms with van der Waals surface area (Å²) in [5.74, 6) is 2.09. The summed E-state index contributed by atoms with van der Waals surface area (Å²) in [7, 11) is -3.61. The predicted molar refractivity (Wildman–Crippen MR) is 111 cm³/mol. The van der Waals surface area contributed by atoms with Gasteiger partial charge in [0.15, 0.2) is 0 Å². The van der Waals surface area contributed by atoms with E-state index in [9.17, 15) is 8.42 Å². The van der Waals surface area contributed by atoms with E-state index in [2.05, 4.69) is 30.1 Å². The first kappa shape index (κ1) is 19.7. The van der Waals surface area contributed by atoms with Crippen LogP contribution in [0.2, 0.25) is 0 Å². The third kappa shape index (κ3) is 4.36. The molecule has 0 unspecified atom stereocenters. The summed E-state index contributed by atoms with van der Waals surface area (Å²) in [6.45, 7) is 2.45. The van der Waals surface area contributed by atoms with Crippen LogP contribution in [0.1, 0.15) is 5.82 Å². The van der Waals surface area contributed by atoms with Crippen LogP contribution in [0.15, 0.2) is 72.4 Å². The molecule has 0 saturated carbocycles. The highest BCUT2D eigenvalue weighted by molar-refractivity contribution is 7.89. The highest BCUT2D eigenvalue weighted by atomic mass is 32.2. The normalized spacial score (nSPS) is 11.5. The lowest BCUT2D eigenvalue weighted by Gasteiger charge is -2.10. The largest absolute Gasteiger partial charge is 0.369 e. The van der Waals surface area contributed by atoms with Crippen molar-refractivity contribution in [2.24, 2.45) is 0 Å². The molecule has 0 atom stereocenters. The standard InChI is InChI=1S/C19H20N8O2S/c1-15-20-10-12-26(15)19-13-18(22-14-23-19)21-8-9-25-30(28,29)17-5-3-16(4-6-17)27-11-2-7-24-27/h2-7,10-14,25H,8-9H2,1H3,(H,21,22,23). The number of hydrogen-bond donors (Lipinski definition) is 2. The quantitative estimate of drug-likeness (QED) is 0.412. The zero-order chi connectivity index (χ0) is 21.0. The van der Waals surface area contributed by atoms with Crippen molar-refractivity contribution in [2.45, 2.75) is 11.8 Å². The molecule has 2 N–H and O–H groups in total. The van der Waals surface area contributed by atoms with Crippen LogP contribution in [0.4, 0.5) is 5.82 Å². The third-order valence-electron chi connectivity index (χ3n) is 4.36. The van der Waals surface area contributed by atoms with Crippen LogP contribution in [-0.2, 0) is 10.0 Å². The Morgan fingerprint density at radius 2 is 1.83 bits per heavy atom. The van der Waals surface area contributed by atoms with E-state index in [1.165, 1.54) is 6.33 Å². The van der Waals surface area contributed by atoms with Crippen molar-refractivity contribution >= 4 is 15.8 Å². The SMILES string of the molecule is Cc1nccn1-c1cc(NCCNS(=O)(=O)c2ccc(-n3cccn3)cc2)ncn1. The van der Waals surface area contributed by atoms with Crippen molar-refractivity contribution in [3.8, 4) is 11.5 Å². The minimum absolute atomic E-state index is 0.193. The van der Waals surface area contributed by atoms with Gasteiger partial charge in [-0.2, -0.15) is 5.10 Å². The Kier molecular flexibility index (Phi) is 5.55. The highest BCUT2D eigenvalue weighted by Gasteiger charge is 2.13. The molecule has 0 aliphatic heterocycles. The van der Waals surface area contributed by atoms with E-state index in [0.717, 1.165) is 11.5 Å². The number of benzene rings is 1. The molecule has 0 radical (unpaired) electrons. The van der Waals surface area contributed by atoms with Crippen LogP contribution in [0, 0.1) is 6.92 Å². The van der Waals surface area contributed by atoms with Crippen LogP contribution in [-0.4, -0.2) is 50.8 Å². The maximum atomic E-state index is 12.5. The minimum atomic E-state index is -3.61. The molecule has 3 heterocycles. The summed E-state index contributed by atoms with van der Waals surface area (Å²) in [5, 5.41) is 7.22. The van der Waals surface area contributed by atoms with Crippen molar-refractivity contribution in [3.63, 3.8) is 0 Å². The van der Waals surface area contributed by atoms with E-state index >= 15 is 0 Å². The van der Waals surface area contributed by atoms with Gasteiger partial charge >= 0.3 is 0 Å². The summed E-state index contributed by atoms with van der Waals surface area (Å²) < 4.78 is 31.1. The number of nitrogens with one attached hydrogen (secondary N) is 2. The summed E-state index contributed by atoms with van der Waals surface area (Å²) >= 11 is 0. The summed E-state index contributed by atoms with van der Waals surface area (Å²) in [4.78, 5) is 12.8. The Morgan fingerprint density at radius 3 is 2.53 bits per heavy atom. The zero-order valence-corrected chi connectivity index (χ0v) is 17.0. The van der Waals surface area contributed by atoms with Gasteiger partial charge in [0, 0.05) is 43.9 Å². The molecule has 0 aliphatic carbocycles. The number of hydrogen-bond acceptors (Lipinski definition) is 7. The van der Waals surface area contributed by atoms with Crippen LogP contribution in [0.5, 0.6) is 0 Å².